The number of quaternary nitrogens is 1. The molecule has 0 aromatic heterocycles. The number of hydrogen-bond donors (Lipinski definition) is 2. The van der Waals surface area contributed by atoms with Gasteiger partial charge in [0.1, 0.15) is 13.2 Å². The smallest absolute Gasteiger partial charge is 0.268 e. The molecule has 9 heteroatoms. The zero-order valence-corrected chi connectivity index (χ0v) is 46.7. The van der Waals surface area contributed by atoms with E-state index in [1.165, 1.54) is 218 Å². The number of likely N-dealkylation sites (N-methyl/N-ethyl adjacent to an activating group) is 1. The molecule has 8 nitrogen and oxygen atoms in total. The lowest BCUT2D eigenvalue weighted by molar-refractivity contribution is -0.870. The predicted octanol–water partition coefficient (Wildman–Crippen LogP) is 17.1. The lowest BCUT2D eigenvalue weighted by Crippen LogP contribution is -2.45. The van der Waals surface area contributed by atoms with Crippen LogP contribution in [0.1, 0.15) is 284 Å². The molecule has 0 rings (SSSR count). The molecular formula is C59H115N2O6P. The van der Waals surface area contributed by atoms with Crippen molar-refractivity contribution in [2.75, 3.05) is 40.9 Å². The highest BCUT2D eigenvalue weighted by molar-refractivity contribution is 7.45. The van der Waals surface area contributed by atoms with Gasteiger partial charge in [-0.05, 0) is 44.9 Å². The van der Waals surface area contributed by atoms with Crippen LogP contribution >= 0.6 is 7.82 Å². The summed E-state index contributed by atoms with van der Waals surface area (Å²) in [7, 11) is 1.25. The summed E-state index contributed by atoms with van der Waals surface area (Å²) in [5.74, 6) is -0.206. The molecule has 2 N–H and O–H groups in total. The summed E-state index contributed by atoms with van der Waals surface area (Å²) >= 11 is 0. The van der Waals surface area contributed by atoms with Crippen LogP contribution in [0.25, 0.3) is 0 Å². The number of hydrogen-bond acceptors (Lipinski definition) is 6. The largest absolute Gasteiger partial charge is 0.756 e. The van der Waals surface area contributed by atoms with Gasteiger partial charge in [-0.2, -0.15) is 0 Å². The van der Waals surface area contributed by atoms with E-state index in [-0.39, 0.29) is 12.5 Å². The van der Waals surface area contributed by atoms with Gasteiger partial charge >= 0.3 is 0 Å². The van der Waals surface area contributed by atoms with E-state index in [1.54, 1.807) is 6.08 Å². The Morgan fingerprint density at radius 3 is 1.19 bits per heavy atom. The number of aliphatic hydroxyl groups is 1. The van der Waals surface area contributed by atoms with Gasteiger partial charge in [0.15, 0.2) is 0 Å². The third-order valence-corrected chi connectivity index (χ3v) is 14.3. The fourth-order valence-corrected chi connectivity index (χ4v) is 9.44. The quantitative estimate of drug-likeness (QED) is 0.0272. The molecule has 1 amide bonds. The number of carbonyl (C=O) groups is 1. The summed E-state index contributed by atoms with van der Waals surface area (Å²) in [6, 6.07) is -0.908. The van der Waals surface area contributed by atoms with Crippen LogP contribution in [0.5, 0.6) is 0 Å². The zero-order valence-electron chi connectivity index (χ0n) is 45.8. The third kappa shape index (κ3) is 52.5. The minimum atomic E-state index is -4.61. The maximum absolute atomic E-state index is 13.0. The van der Waals surface area contributed by atoms with Gasteiger partial charge in [-0.3, -0.25) is 9.36 Å². The van der Waals surface area contributed by atoms with Crippen molar-refractivity contribution in [3.05, 3.63) is 36.5 Å². The zero-order chi connectivity index (χ0) is 49.9. The fraction of sp³-hybridized carbons (Fsp3) is 0.881. The Kier molecular flexibility index (Phi) is 49.7. The van der Waals surface area contributed by atoms with Crippen molar-refractivity contribution in [3.8, 4) is 0 Å². The second-order valence-electron chi connectivity index (χ2n) is 21.3. The first kappa shape index (κ1) is 66.7. The van der Waals surface area contributed by atoms with Crippen LogP contribution in [0, 0.1) is 0 Å². The second-order valence-corrected chi connectivity index (χ2v) is 22.8. The van der Waals surface area contributed by atoms with Crippen molar-refractivity contribution in [1.29, 1.82) is 0 Å². The van der Waals surface area contributed by atoms with Crippen molar-refractivity contribution in [3.63, 3.8) is 0 Å². The van der Waals surface area contributed by atoms with Crippen LogP contribution in [0.2, 0.25) is 0 Å². The van der Waals surface area contributed by atoms with Gasteiger partial charge in [0, 0.05) is 6.42 Å². The van der Waals surface area contributed by atoms with E-state index in [9.17, 15) is 19.4 Å². The lowest BCUT2D eigenvalue weighted by Gasteiger charge is -2.29. The number of unbranched alkanes of at least 4 members (excludes halogenated alkanes) is 37. The summed E-state index contributed by atoms with van der Waals surface area (Å²) in [6.45, 7) is 4.66. The first-order valence-corrected chi connectivity index (χ1v) is 30.8. The van der Waals surface area contributed by atoms with E-state index >= 15 is 0 Å². The predicted molar refractivity (Wildman–Crippen MR) is 293 cm³/mol. The molecule has 68 heavy (non-hydrogen) atoms. The highest BCUT2D eigenvalue weighted by Crippen LogP contribution is 2.38. The highest BCUT2D eigenvalue weighted by Gasteiger charge is 2.23. The van der Waals surface area contributed by atoms with Crippen LogP contribution in [0.4, 0.5) is 0 Å². The van der Waals surface area contributed by atoms with Crippen LogP contribution in [-0.2, 0) is 18.4 Å². The van der Waals surface area contributed by atoms with E-state index < -0.39 is 26.6 Å². The molecule has 0 saturated heterocycles. The van der Waals surface area contributed by atoms with Gasteiger partial charge in [0.2, 0.25) is 5.91 Å². The Hall–Kier alpha value is -1.28. The van der Waals surface area contributed by atoms with Crippen molar-refractivity contribution in [2.45, 2.75) is 296 Å². The topological polar surface area (TPSA) is 108 Å². The first-order valence-electron chi connectivity index (χ1n) is 29.4. The number of allylic oxidation sites excluding steroid dienone is 5. The number of nitrogens with one attached hydrogen (secondary N) is 1. The molecule has 0 saturated carbocycles. The summed E-state index contributed by atoms with van der Waals surface area (Å²) in [4.78, 5) is 25.5. The molecule has 0 aliphatic rings. The highest BCUT2D eigenvalue weighted by atomic mass is 31.2. The van der Waals surface area contributed by atoms with E-state index in [4.69, 9.17) is 9.05 Å². The number of phosphoric acid groups is 1. The van der Waals surface area contributed by atoms with Gasteiger partial charge in [-0.15, -0.1) is 0 Å². The van der Waals surface area contributed by atoms with Crippen LogP contribution in [-0.4, -0.2) is 68.5 Å². The summed E-state index contributed by atoms with van der Waals surface area (Å²) in [5, 5.41) is 13.9. The van der Waals surface area contributed by atoms with Crippen molar-refractivity contribution >= 4 is 13.7 Å². The van der Waals surface area contributed by atoms with Crippen LogP contribution in [0.3, 0.4) is 0 Å². The number of phosphoric ester groups is 1. The molecule has 402 valence electrons. The van der Waals surface area contributed by atoms with Crippen molar-refractivity contribution in [1.82, 2.24) is 5.32 Å². The molecule has 0 bridgehead atoms. The molecule has 0 fully saturated rings. The fourth-order valence-electron chi connectivity index (χ4n) is 8.72. The molecule has 0 heterocycles. The van der Waals surface area contributed by atoms with Gasteiger partial charge in [-0.1, -0.05) is 269 Å². The Bertz CT molecular complexity index is 1200. The Morgan fingerprint density at radius 1 is 0.500 bits per heavy atom. The maximum Gasteiger partial charge on any atom is 0.268 e. The van der Waals surface area contributed by atoms with E-state index in [2.05, 4.69) is 43.5 Å². The van der Waals surface area contributed by atoms with Gasteiger partial charge in [0.05, 0.1) is 39.9 Å². The molecule has 3 unspecified atom stereocenters. The van der Waals surface area contributed by atoms with Crippen LogP contribution < -0.4 is 10.2 Å². The standard InChI is InChI=1S/C59H115N2O6P/c1-6-8-10-12-14-16-18-20-22-24-26-28-30-31-32-34-36-38-40-42-44-46-48-50-52-58(62)57(56-67-68(64,65)66-55-54-61(3,4)5)60-59(63)53-51-49-47-45-43-41-39-37-35-33-29-27-25-23-21-19-17-15-13-11-9-7-2/h34,36,42,44,50,52,57-58,62H,6-33,35,37-41,43,45-49,51,53-56H2,1-5H3,(H-,60,63,64,65)/b36-34+,44-42+,52-50+. The molecule has 0 aliphatic heterocycles. The van der Waals surface area contributed by atoms with Gasteiger partial charge < -0.3 is 28.8 Å². The molecule has 0 aliphatic carbocycles. The normalized spacial score (nSPS) is 14.2. The summed E-state index contributed by atoms with van der Waals surface area (Å²) in [5.41, 5.74) is 0. The second kappa shape index (κ2) is 50.7. The molecule has 0 radical (unpaired) electrons. The molecule has 3 atom stereocenters. The Labute approximate surface area is 423 Å². The van der Waals surface area contributed by atoms with Crippen molar-refractivity contribution < 1.29 is 32.9 Å². The molecule has 0 spiro atoms. The summed E-state index contributed by atoms with van der Waals surface area (Å²) in [6.07, 6.45) is 65.1. The minimum absolute atomic E-state index is 0.00733. The van der Waals surface area contributed by atoms with E-state index in [0.29, 0.717) is 17.4 Å². The number of aliphatic hydroxyl groups excluding tert-OH is 1. The average Bonchev–Trinajstić information content (AvgIpc) is 3.30. The Balaban J connectivity index is 4.26. The monoisotopic (exact) mass is 979 g/mol. The molecule has 0 aromatic carbocycles. The SMILES string of the molecule is CCCCCCCCCCCCCCCC/C=C/CC/C=C/CC/C=C/C(O)C(COP(=O)([O-])OCC[N+](C)(C)C)NC(=O)CCCCCCCCCCCCCCCCCCCCCCCC. The van der Waals surface area contributed by atoms with Gasteiger partial charge in [-0.25, -0.2) is 0 Å². The molecular weight excluding hydrogens is 864 g/mol. The van der Waals surface area contributed by atoms with Crippen LogP contribution in [0.15, 0.2) is 36.5 Å². The van der Waals surface area contributed by atoms with E-state index in [0.717, 1.165) is 44.9 Å². The number of rotatable bonds is 54. The number of nitrogens with zero attached hydrogens (tertiary/aromatic N) is 1. The first-order chi connectivity index (χ1) is 33.0. The third-order valence-electron chi connectivity index (χ3n) is 13.3. The average molecular weight is 980 g/mol. The van der Waals surface area contributed by atoms with Gasteiger partial charge in [0.25, 0.3) is 7.82 Å². The maximum atomic E-state index is 13.0. The minimum Gasteiger partial charge on any atom is -0.756 e. The summed E-state index contributed by atoms with van der Waals surface area (Å²) < 4.78 is 23.3. The number of carbonyl (C=O) groups excluding carboxylic acids is 1. The lowest BCUT2D eigenvalue weighted by atomic mass is 10.0. The van der Waals surface area contributed by atoms with E-state index in [1.807, 2.05) is 27.2 Å². The number of amides is 1. The Morgan fingerprint density at radius 2 is 0.824 bits per heavy atom. The molecule has 0 aromatic rings. The van der Waals surface area contributed by atoms with Crippen molar-refractivity contribution in [2.24, 2.45) is 0 Å².